The molecular weight excluding hydrogens is 373 g/mol. The number of hydrogen-bond acceptors (Lipinski definition) is 4. The summed E-state index contributed by atoms with van der Waals surface area (Å²) in [6.07, 6.45) is 4.69. The molecule has 8 heteroatoms. The number of guanidine groups is 1. The molecule has 0 aromatic heterocycles. The van der Waals surface area contributed by atoms with E-state index in [4.69, 9.17) is 0 Å². The van der Waals surface area contributed by atoms with Gasteiger partial charge in [0.1, 0.15) is 0 Å². The van der Waals surface area contributed by atoms with Crippen LogP contribution in [0.25, 0.3) is 0 Å². The van der Waals surface area contributed by atoms with Crippen molar-refractivity contribution in [2.45, 2.75) is 32.2 Å². The number of nitrogens with one attached hydrogen (secondary N) is 1. The minimum Gasteiger partial charge on any atom is -0.505 e. The number of halogens is 1. The average molecular weight is 406 g/mol. The lowest BCUT2D eigenvalue weighted by molar-refractivity contribution is -0.132. The Morgan fingerprint density at radius 1 is 1.07 bits per heavy atom. The summed E-state index contributed by atoms with van der Waals surface area (Å²) in [4.78, 5) is 23.3. The molecular formula is C21H32FN5O2. The Hall–Kier alpha value is -2.35. The number of nitrogens with zero attached hydrogens (tertiary/aromatic N) is 4. The van der Waals surface area contributed by atoms with E-state index in [1.165, 1.54) is 25.0 Å². The third-order valence-electron chi connectivity index (χ3n) is 5.66. The standard InChI is InChI=1S/C21H32FN5O2/c1-23-21(24-15-17-6-7-19(28)18(22)14-17)27-12-10-25(11-13-27)16-20(29)26-8-4-2-3-5-9-26/h6-7,14,28H,2-5,8-13,15-16H2,1H3,(H,23,24). The molecule has 1 aromatic rings. The number of carbonyl (C=O) groups is 1. The van der Waals surface area contributed by atoms with Crippen LogP contribution in [0.15, 0.2) is 23.2 Å². The van der Waals surface area contributed by atoms with Gasteiger partial charge in [-0.1, -0.05) is 18.9 Å². The topological polar surface area (TPSA) is 71.4 Å². The fraction of sp³-hybridized carbons (Fsp3) is 0.619. The number of benzene rings is 1. The van der Waals surface area contributed by atoms with Crippen LogP contribution in [0, 0.1) is 5.82 Å². The Balaban J connectivity index is 1.44. The van der Waals surface area contributed by atoms with Gasteiger partial charge in [-0.05, 0) is 30.5 Å². The smallest absolute Gasteiger partial charge is 0.236 e. The summed E-state index contributed by atoms with van der Waals surface area (Å²) in [5, 5.41) is 12.5. The van der Waals surface area contributed by atoms with Gasteiger partial charge in [0.15, 0.2) is 17.5 Å². The van der Waals surface area contributed by atoms with Crippen LogP contribution >= 0.6 is 0 Å². The molecule has 2 fully saturated rings. The van der Waals surface area contributed by atoms with E-state index in [2.05, 4.69) is 20.1 Å². The quantitative estimate of drug-likeness (QED) is 0.589. The highest BCUT2D eigenvalue weighted by atomic mass is 19.1. The molecule has 3 rings (SSSR count). The fourth-order valence-corrected chi connectivity index (χ4v) is 3.90. The number of likely N-dealkylation sites (tertiary alicyclic amines) is 1. The van der Waals surface area contributed by atoms with E-state index in [-0.39, 0.29) is 11.7 Å². The first-order valence-corrected chi connectivity index (χ1v) is 10.5. The highest BCUT2D eigenvalue weighted by Gasteiger charge is 2.23. The average Bonchev–Trinajstić information content (AvgIpc) is 3.02. The Morgan fingerprint density at radius 3 is 2.38 bits per heavy atom. The summed E-state index contributed by atoms with van der Waals surface area (Å²) in [7, 11) is 1.73. The van der Waals surface area contributed by atoms with Crippen molar-refractivity contribution in [2.75, 3.05) is 52.9 Å². The lowest BCUT2D eigenvalue weighted by Crippen LogP contribution is -2.54. The van der Waals surface area contributed by atoms with Crippen LogP contribution in [0.5, 0.6) is 5.75 Å². The lowest BCUT2D eigenvalue weighted by atomic mass is 10.2. The number of carbonyl (C=O) groups excluding carboxylic acids is 1. The molecule has 2 saturated heterocycles. The van der Waals surface area contributed by atoms with E-state index in [0.717, 1.165) is 63.6 Å². The van der Waals surface area contributed by atoms with Crippen molar-refractivity contribution in [1.82, 2.24) is 20.0 Å². The van der Waals surface area contributed by atoms with E-state index < -0.39 is 5.82 Å². The first kappa shape index (κ1) is 21.4. The second kappa shape index (κ2) is 10.4. The molecule has 2 aliphatic heterocycles. The second-order valence-electron chi connectivity index (χ2n) is 7.74. The van der Waals surface area contributed by atoms with Crippen molar-refractivity contribution in [3.8, 4) is 5.75 Å². The fourth-order valence-electron chi connectivity index (χ4n) is 3.90. The molecule has 0 saturated carbocycles. The third-order valence-corrected chi connectivity index (χ3v) is 5.66. The first-order chi connectivity index (χ1) is 14.1. The van der Waals surface area contributed by atoms with Crippen LogP contribution in [-0.4, -0.2) is 84.5 Å². The predicted molar refractivity (Wildman–Crippen MR) is 111 cm³/mol. The highest BCUT2D eigenvalue weighted by molar-refractivity contribution is 5.80. The van der Waals surface area contributed by atoms with Crippen molar-refractivity contribution in [3.05, 3.63) is 29.6 Å². The molecule has 0 aliphatic carbocycles. The summed E-state index contributed by atoms with van der Waals surface area (Å²) >= 11 is 0. The maximum atomic E-state index is 13.5. The Morgan fingerprint density at radius 2 is 1.76 bits per heavy atom. The number of aromatic hydroxyl groups is 1. The first-order valence-electron chi connectivity index (χ1n) is 10.5. The third kappa shape index (κ3) is 6.06. The van der Waals surface area contributed by atoms with E-state index in [1.807, 2.05) is 4.90 Å². The molecule has 29 heavy (non-hydrogen) atoms. The van der Waals surface area contributed by atoms with Crippen LogP contribution < -0.4 is 5.32 Å². The van der Waals surface area contributed by atoms with Crippen LogP contribution in [-0.2, 0) is 11.3 Å². The van der Waals surface area contributed by atoms with Crippen LogP contribution in [0.2, 0.25) is 0 Å². The number of aliphatic imine (C=N–C) groups is 1. The Labute approximate surface area is 172 Å². The van der Waals surface area contributed by atoms with Gasteiger partial charge in [-0.3, -0.25) is 14.7 Å². The molecule has 0 unspecified atom stereocenters. The molecule has 2 aliphatic rings. The van der Waals surface area contributed by atoms with Crippen molar-refractivity contribution >= 4 is 11.9 Å². The minimum absolute atomic E-state index is 0.247. The highest BCUT2D eigenvalue weighted by Crippen LogP contribution is 2.16. The molecule has 7 nitrogen and oxygen atoms in total. The van der Waals surface area contributed by atoms with Gasteiger partial charge in [0.2, 0.25) is 5.91 Å². The minimum atomic E-state index is -0.623. The molecule has 2 heterocycles. The largest absolute Gasteiger partial charge is 0.505 e. The number of hydrogen-bond donors (Lipinski definition) is 2. The van der Waals surface area contributed by atoms with E-state index in [1.54, 1.807) is 13.1 Å². The normalized spacial score (nSPS) is 19.2. The number of phenolic OH excluding ortho intramolecular Hbond substituents is 1. The summed E-state index contributed by atoms with van der Waals surface area (Å²) in [5.74, 6) is 0.0418. The summed E-state index contributed by atoms with van der Waals surface area (Å²) < 4.78 is 13.5. The second-order valence-corrected chi connectivity index (χ2v) is 7.74. The van der Waals surface area contributed by atoms with Gasteiger partial charge in [-0.2, -0.15) is 0 Å². The molecule has 0 radical (unpaired) electrons. The molecule has 0 bridgehead atoms. The molecule has 0 atom stereocenters. The monoisotopic (exact) mass is 405 g/mol. The van der Waals surface area contributed by atoms with E-state index in [9.17, 15) is 14.3 Å². The summed E-state index contributed by atoms with van der Waals surface area (Å²) in [6, 6.07) is 4.36. The van der Waals surface area contributed by atoms with Crippen molar-refractivity contribution in [1.29, 1.82) is 0 Å². The van der Waals surface area contributed by atoms with E-state index >= 15 is 0 Å². The molecule has 0 spiro atoms. The summed E-state index contributed by atoms with van der Waals surface area (Å²) in [5.41, 5.74) is 0.739. The lowest BCUT2D eigenvalue weighted by Gasteiger charge is -2.37. The van der Waals surface area contributed by atoms with Gasteiger partial charge < -0.3 is 20.2 Å². The maximum absolute atomic E-state index is 13.5. The number of rotatable bonds is 4. The molecule has 160 valence electrons. The maximum Gasteiger partial charge on any atom is 0.236 e. The zero-order valence-corrected chi connectivity index (χ0v) is 17.2. The van der Waals surface area contributed by atoms with Crippen molar-refractivity contribution in [2.24, 2.45) is 4.99 Å². The molecule has 2 N–H and O–H groups in total. The van der Waals surface area contributed by atoms with Gasteiger partial charge in [0, 0.05) is 52.9 Å². The van der Waals surface area contributed by atoms with E-state index in [0.29, 0.717) is 13.1 Å². The number of phenols is 1. The number of amides is 1. The zero-order valence-electron chi connectivity index (χ0n) is 17.2. The van der Waals surface area contributed by atoms with Crippen LogP contribution in [0.4, 0.5) is 4.39 Å². The van der Waals surface area contributed by atoms with Gasteiger partial charge in [-0.25, -0.2) is 4.39 Å². The molecule has 1 amide bonds. The SMILES string of the molecule is CN=C(NCc1ccc(O)c(F)c1)N1CCN(CC(=O)N2CCCCCC2)CC1. The van der Waals surface area contributed by atoms with Gasteiger partial charge >= 0.3 is 0 Å². The Bertz CT molecular complexity index is 711. The molecule has 1 aromatic carbocycles. The van der Waals surface area contributed by atoms with Gasteiger partial charge in [0.25, 0.3) is 0 Å². The zero-order chi connectivity index (χ0) is 20.6. The Kier molecular flexibility index (Phi) is 7.69. The van der Waals surface area contributed by atoms with Crippen LogP contribution in [0.3, 0.4) is 0 Å². The number of piperazine rings is 1. The van der Waals surface area contributed by atoms with Gasteiger partial charge in [-0.15, -0.1) is 0 Å². The predicted octanol–water partition coefficient (Wildman–Crippen LogP) is 1.63. The van der Waals surface area contributed by atoms with Gasteiger partial charge in [0.05, 0.1) is 6.54 Å². The summed E-state index contributed by atoms with van der Waals surface area (Å²) in [6.45, 7) is 5.92. The van der Waals surface area contributed by atoms with Crippen molar-refractivity contribution in [3.63, 3.8) is 0 Å². The van der Waals surface area contributed by atoms with Crippen LogP contribution in [0.1, 0.15) is 31.2 Å². The van der Waals surface area contributed by atoms with Crippen molar-refractivity contribution < 1.29 is 14.3 Å².